The van der Waals surface area contributed by atoms with Crippen LogP contribution in [0.4, 0.5) is 10.1 Å². The van der Waals surface area contributed by atoms with E-state index in [2.05, 4.69) is 10.3 Å². The van der Waals surface area contributed by atoms with Crippen LogP contribution in [0.3, 0.4) is 0 Å². The van der Waals surface area contributed by atoms with Gasteiger partial charge in [0.15, 0.2) is 0 Å². The average Bonchev–Trinajstić information content (AvgIpc) is 2.67. The fourth-order valence-corrected chi connectivity index (χ4v) is 2.62. The monoisotopic (exact) mass is 338 g/mol. The van der Waals surface area contributed by atoms with E-state index in [4.69, 9.17) is 4.74 Å². The minimum atomic E-state index is -0.266. The number of rotatable bonds is 6. The summed E-state index contributed by atoms with van der Waals surface area (Å²) in [7, 11) is 1.56. The number of hydrogen-bond acceptors (Lipinski definition) is 4. The molecule has 0 fully saturated rings. The molecule has 2 N–H and O–H groups in total. The normalized spacial score (nSPS) is 10.5. The van der Waals surface area contributed by atoms with Crippen LogP contribution in [0, 0.1) is 5.82 Å². The maximum absolute atomic E-state index is 14.4. The molecule has 2 aromatic carbocycles. The molecule has 25 heavy (non-hydrogen) atoms. The number of halogens is 1. The van der Waals surface area contributed by atoms with Gasteiger partial charge in [0, 0.05) is 35.8 Å². The maximum atomic E-state index is 14.4. The van der Waals surface area contributed by atoms with Gasteiger partial charge in [0.05, 0.1) is 13.7 Å². The minimum Gasteiger partial charge on any atom is -0.496 e. The summed E-state index contributed by atoms with van der Waals surface area (Å²) in [5.41, 5.74) is 3.79. The summed E-state index contributed by atoms with van der Waals surface area (Å²) in [4.78, 5) is 3.97. The Hall–Kier alpha value is -2.92. The van der Waals surface area contributed by atoms with Crippen molar-refractivity contribution < 1.29 is 14.2 Å². The number of methoxy groups -OCH3 is 1. The van der Waals surface area contributed by atoms with Crippen molar-refractivity contribution in [3.8, 4) is 16.9 Å². The van der Waals surface area contributed by atoms with Gasteiger partial charge in [-0.25, -0.2) is 4.39 Å². The zero-order chi connectivity index (χ0) is 17.6. The first kappa shape index (κ1) is 16.9. The number of anilines is 1. The van der Waals surface area contributed by atoms with E-state index >= 15 is 0 Å². The number of nitrogens with zero attached hydrogens (tertiary/aromatic N) is 1. The standard InChI is InChI=1S/C20H19FN2O2/c1-25-20-5-4-18(10-17(20)13-24)23-12-16-3-2-15(11-19(16)21)14-6-8-22-9-7-14/h2-11,23-24H,12-13H2,1H3. The molecule has 5 heteroatoms. The molecular formula is C20H19FN2O2. The number of pyridine rings is 1. The van der Waals surface area contributed by atoms with Gasteiger partial charge in [0.2, 0.25) is 0 Å². The number of nitrogens with one attached hydrogen (secondary N) is 1. The first-order valence-corrected chi connectivity index (χ1v) is 7.91. The molecule has 3 aromatic rings. The molecule has 0 aliphatic heterocycles. The smallest absolute Gasteiger partial charge is 0.128 e. The number of ether oxygens (including phenoxy) is 1. The van der Waals surface area contributed by atoms with Crippen molar-refractivity contribution in [3.63, 3.8) is 0 Å². The summed E-state index contributed by atoms with van der Waals surface area (Å²) in [5.74, 6) is 0.360. The summed E-state index contributed by atoms with van der Waals surface area (Å²) < 4.78 is 19.6. The third-order valence-corrected chi connectivity index (χ3v) is 4.00. The summed E-state index contributed by atoms with van der Waals surface area (Å²) >= 11 is 0. The van der Waals surface area contributed by atoms with E-state index in [1.807, 2.05) is 24.3 Å². The summed E-state index contributed by atoms with van der Waals surface area (Å²) in [6.45, 7) is 0.230. The zero-order valence-corrected chi connectivity index (χ0v) is 13.9. The molecule has 0 atom stereocenters. The SMILES string of the molecule is COc1ccc(NCc2ccc(-c3ccncc3)cc2F)cc1CO. The second kappa shape index (κ2) is 7.77. The third-order valence-electron chi connectivity index (χ3n) is 4.00. The van der Waals surface area contributed by atoms with Crippen molar-refractivity contribution in [3.05, 3.63) is 77.9 Å². The van der Waals surface area contributed by atoms with E-state index in [9.17, 15) is 9.50 Å². The highest BCUT2D eigenvalue weighted by molar-refractivity contribution is 5.63. The van der Waals surface area contributed by atoms with Crippen molar-refractivity contribution in [2.75, 3.05) is 12.4 Å². The third kappa shape index (κ3) is 3.95. The van der Waals surface area contributed by atoms with Crippen molar-refractivity contribution in [1.82, 2.24) is 4.98 Å². The predicted molar refractivity (Wildman–Crippen MR) is 95.9 cm³/mol. The molecule has 0 bridgehead atoms. The van der Waals surface area contributed by atoms with Crippen LogP contribution in [0.5, 0.6) is 5.75 Å². The molecular weight excluding hydrogens is 319 g/mol. The molecule has 0 aliphatic rings. The fourth-order valence-electron chi connectivity index (χ4n) is 2.62. The molecule has 0 saturated heterocycles. The Morgan fingerprint density at radius 1 is 1.00 bits per heavy atom. The number of hydrogen-bond donors (Lipinski definition) is 2. The van der Waals surface area contributed by atoms with Gasteiger partial charge in [-0.2, -0.15) is 0 Å². The van der Waals surface area contributed by atoms with Crippen molar-refractivity contribution in [2.24, 2.45) is 0 Å². The molecule has 1 aromatic heterocycles. The zero-order valence-electron chi connectivity index (χ0n) is 13.9. The Labute approximate surface area is 145 Å². The molecule has 3 rings (SSSR count). The Bertz CT molecular complexity index is 854. The van der Waals surface area contributed by atoms with Gasteiger partial charge in [-0.05, 0) is 47.5 Å². The molecule has 0 radical (unpaired) electrons. The molecule has 4 nitrogen and oxygen atoms in total. The number of aliphatic hydroxyl groups excluding tert-OH is 1. The summed E-state index contributed by atoms with van der Waals surface area (Å²) in [6, 6.07) is 14.3. The van der Waals surface area contributed by atoms with Crippen LogP contribution in [0.25, 0.3) is 11.1 Å². The first-order valence-electron chi connectivity index (χ1n) is 7.91. The lowest BCUT2D eigenvalue weighted by Crippen LogP contribution is -2.03. The number of benzene rings is 2. The number of aliphatic hydroxyl groups is 1. The molecule has 0 unspecified atom stereocenters. The maximum Gasteiger partial charge on any atom is 0.128 e. The van der Waals surface area contributed by atoms with E-state index in [1.165, 1.54) is 6.07 Å². The Morgan fingerprint density at radius 2 is 1.80 bits per heavy atom. The molecule has 0 amide bonds. The van der Waals surface area contributed by atoms with Crippen molar-refractivity contribution >= 4 is 5.69 Å². The van der Waals surface area contributed by atoms with Crippen LogP contribution in [0.15, 0.2) is 60.9 Å². The van der Waals surface area contributed by atoms with Crippen LogP contribution in [0.1, 0.15) is 11.1 Å². The van der Waals surface area contributed by atoms with Gasteiger partial charge >= 0.3 is 0 Å². The fraction of sp³-hybridized carbons (Fsp3) is 0.150. The first-order chi connectivity index (χ1) is 12.2. The minimum absolute atomic E-state index is 0.117. The molecule has 0 aliphatic carbocycles. The lowest BCUT2D eigenvalue weighted by Gasteiger charge is -2.12. The second-order valence-corrected chi connectivity index (χ2v) is 5.58. The van der Waals surface area contributed by atoms with Gasteiger partial charge < -0.3 is 15.2 Å². The van der Waals surface area contributed by atoms with Gasteiger partial charge in [-0.15, -0.1) is 0 Å². The van der Waals surface area contributed by atoms with Gasteiger partial charge in [-0.3, -0.25) is 4.98 Å². The van der Waals surface area contributed by atoms with E-state index in [0.29, 0.717) is 23.4 Å². The molecule has 0 spiro atoms. The second-order valence-electron chi connectivity index (χ2n) is 5.58. The van der Waals surface area contributed by atoms with E-state index in [-0.39, 0.29) is 12.4 Å². The van der Waals surface area contributed by atoms with Crippen LogP contribution < -0.4 is 10.1 Å². The molecule has 1 heterocycles. The van der Waals surface area contributed by atoms with Gasteiger partial charge in [-0.1, -0.05) is 12.1 Å². The quantitative estimate of drug-likeness (QED) is 0.713. The lowest BCUT2D eigenvalue weighted by molar-refractivity contribution is 0.274. The summed E-state index contributed by atoms with van der Waals surface area (Å²) in [5, 5.41) is 12.5. The lowest BCUT2D eigenvalue weighted by atomic mass is 10.0. The van der Waals surface area contributed by atoms with Crippen LogP contribution in [0.2, 0.25) is 0 Å². The Balaban J connectivity index is 1.73. The average molecular weight is 338 g/mol. The number of aromatic nitrogens is 1. The Kier molecular flexibility index (Phi) is 5.26. The van der Waals surface area contributed by atoms with Crippen LogP contribution in [-0.2, 0) is 13.2 Å². The topological polar surface area (TPSA) is 54.4 Å². The Morgan fingerprint density at radius 3 is 2.48 bits per heavy atom. The van der Waals surface area contributed by atoms with E-state index in [0.717, 1.165) is 16.8 Å². The van der Waals surface area contributed by atoms with Crippen LogP contribution in [-0.4, -0.2) is 17.2 Å². The highest BCUT2D eigenvalue weighted by atomic mass is 19.1. The van der Waals surface area contributed by atoms with Crippen molar-refractivity contribution in [1.29, 1.82) is 0 Å². The highest BCUT2D eigenvalue weighted by Crippen LogP contribution is 2.24. The summed E-state index contributed by atoms with van der Waals surface area (Å²) in [6.07, 6.45) is 3.37. The van der Waals surface area contributed by atoms with E-state index in [1.54, 1.807) is 37.7 Å². The molecule has 0 saturated carbocycles. The largest absolute Gasteiger partial charge is 0.496 e. The van der Waals surface area contributed by atoms with Gasteiger partial charge in [0.25, 0.3) is 0 Å². The van der Waals surface area contributed by atoms with Gasteiger partial charge in [0.1, 0.15) is 11.6 Å². The predicted octanol–water partition coefficient (Wildman–Crippen LogP) is 4.00. The highest BCUT2D eigenvalue weighted by Gasteiger charge is 2.07. The molecule has 128 valence electrons. The van der Waals surface area contributed by atoms with E-state index < -0.39 is 0 Å². The van der Waals surface area contributed by atoms with Crippen LogP contribution >= 0.6 is 0 Å². The van der Waals surface area contributed by atoms with Crippen molar-refractivity contribution in [2.45, 2.75) is 13.2 Å².